The Morgan fingerprint density at radius 3 is 2.39 bits per heavy atom. The fraction of sp³-hybridized carbons (Fsp3) is 0.750. The Bertz CT molecular complexity index is 335. The van der Waals surface area contributed by atoms with Crippen LogP contribution in [-0.2, 0) is 9.59 Å². The molecule has 3 N–H and O–H groups in total. The van der Waals surface area contributed by atoms with Crippen LogP contribution in [0.25, 0.3) is 0 Å². The molecule has 6 heteroatoms. The van der Waals surface area contributed by atoms with Gasteiger partial charge < -0.3 is 16.0 Å². The van der Waals surface area contributed by atoms with E-state index < -0.39 is 6.04 Å². The molecule has 0 aromatic carbocycles. The number of hydrogen-bond donors (Lipinski definition) is 2. The number of amides is 2. The van der Waals surface area contributed by atoms with E-state index in [9.17, 15) is 9.59 Å². The average molecular weight is 254 g/mol. The van der Waals surface area contributed by atoms with Crippen LogP contribution in [0.15, 0.2) is 0 Å². The normalized spacial score (nSPS) is 13.6. The molecule has 6 nitrogen and oxygen atoms in total. The van der Waals surface area contributed by atoms with E-state index in [0.29, 0.717) is 6.54 Å². The second-order valence-electron chi connectivity index (χ2n) is 4.79. The summed E-state index contributed by atoms with van der Waals surface area (Å²) in [5.74, 6) is -0.773. The van der Waals surface area contributed by atoms with Gasteiger partial charge in [-0.25, -0.2) is 0 Å². The largest absolute Gasteiger partial charge is 0.346 e. The molecule has 18 heavy (non-hydrogen) atoms. The maximum Gasteiger partial charge on any atom is 0.241 e. The zero-order valence-electron chi connectivity index (χ0n) is 11.4. The molecular weight excluding hydrogens is 232 g/mol. The quantitative estimate of drug-likeness (QED) is 0.680. The van der Waals surface area contributed by atoms with Gasteiger partial charge in [-0.2, -0.15) is 5.26 Å². The molecule has 0 spiro atoms. The van der Waals surface area contributed by atoms with Crippen LogP contribution in [0.1, 0.15) is 20.8 Å². The monoisotopic (exact) mass is 254 g/mol. The van der Waals surface area contributed by atoms with Crippen LogP contribution >= 0.6 is 0 Å². The highest BCUT2D eigenvalue weighted by molar-refractivity contribution is 5.87. The van der Waals surface area contributed by atoms with Crippen LogP contribution in [-0.4, -0.2) is 42.9 Å². The van der Waals surface area contributed by atoms with Crippen LogP contribution in [0.4, 0.5) is 0 Å². The first kappa shape index (κ1) is 16.4. The van der Waals surface area contributed by atoms with Crippen molar-refractivity contribution in [2.45, 2.75) is 26.8 Å². The molecule has 0 aliphatic carbocycles. The second kappa shape index (κ2) is 7.67. The van der Waals surface area contributed by atoms with Gasteiger partial charge in [0.1, 0.15) is 0 Å². The zero-order chi connectivity index (χ0) is 14.3. The molecule has 0 saturated carbocycles. The third-order valence-corrected chi connectivity index (χ3v) is 2.63. The standard InChI is InChI=1S/C12H22N4O2/c1-8(2)11(14)12(18)15-6-10(17)16(4)7-9(3)5-13/h8-9,11H,6-7,14H2,1-4H3,(H,15,18)/t9?,11-/m0/s1. The third kappa shape index (κ3) is 5.64. The SMILES string of the molecule is CC(C#N)CN(C)C(=O)CNC(=O)[C@@H](N)C(C)C. The van der Waals surface area contributed by atoms with Crippen LogP contribution in [0.3, 0.4) is 0 Å². The van der Waals surface area contributed by atoms with Gasteiger partial charge in [0, 0.05) is 13.6 Å². The highest BCUT2D eigenvalue weighted by Gasteiger charge is 2.19. The summed E-state index contributed by atoms with van der Waals surface area (Å²) in [6, 6.07) is 1.44. The van der Waals surface area contributed by atoms with E-state index in [1.165, 1.54) is 4.90 Å². The Balaban J connectivity index is 4.11. The summed E-state index contributed by atoms with van der Waals surface area (Å²) in [6.07, 6.45) is 0. The van der Waals surface area contributed by atoms with Crippen molar-refractivity contribution in [3.63, 3.8) is 0 Å². The molecule has 0 aromatic rings. The Labute approximate surface area is 108 Å². The highest BCUT2D eigenvalue weighted by Crippen LogP contribution is 1.98. The summed E-state index contributed by atoms with van der Waals surface area (Å²) in [7, 11) is 1.60. The van der Waals surface area contributed by atoms with Gasteiger partial charge in [-0.05, 0) is 12.8 Å². The van der Waals surface area contributed by atoms with Crippen molar-refractivity contribution in [1.29, 1.82) is 5.26 Å². The van der Waals surface area contributed by atoms with Crippen molar-refractivity contribution >= 4 is 11.8 Å². The lowest BCUT2D eigenvalue weighted by atomic mass is 10.1. The number of carbonyl (C=O) groups is 2. The molecule has 1 unspecified atom stereocenters. The fourth-order valence-electron chi connectivity index (χ4n) is 1.27. The number of carbonyl (C=O) groups excluding carboxylic acids is 2. The van der Waals surface area contributed by atoms with Gasteiger partial charge in [-0.1, -0.05) is 13.8 Å². The molecular formula is C12H22N4O2. The zero-order valence-corrected chi connectivity index (χ0v) is 11.4. The van der Waals surface area contributed by atoms with Crippen molar-refractivity contribution < 1.29 is 9.59 Å². The van der Waals surface area contributed by atoms with E-state index in [-0.39, 0.29) is 30.2 Å². The Morgan fingerprint density at radius 2 is 1.94 bits per heavy atom. The number of nitrogens with two attached hydrogens (primary N) is 1. The van der Waals surface area contributed by atoms with Gasteiger partial charge in [-0.3, -0.25) is 9.59 Å². The molecule has 0 radical (unpaired) electrons. The molecule has 0 aromatic heterocycles. The van der Waals surface area contributed by atoms with Gasteiger partial charge in [0.2, 0.25) is 11.8 Å². The summed E-state index contributed by atoms with van der Waals surface area (Å²) in [6.45, 7) is 5.67. The van der Waals surface area contributed by atoms with E-state index in [4.69, 9.17) is 11.0 Å². The molecule has 2 amide bonds. The van der Waals surface area contributed by atoms with E-state index in [2.05, 4.69) is 5.32 Å². The maximum absolute atomic E-state index is 11.7. The minimum atomic E-state index is -0.610. The molecule has 0 saturated heterocycles. The summed E-state index contributed by atoms with van der Waals surface area (Å²) in [5, 5.41) is 11.1. The summed E-state index contributed by atoms with van der Waals surface area (Å²) < 4.78 is 0. The van der Waals surface area contributed by atoms with E-state index in [1.54, 1.807) is 14.0 Å². The topological polar surface area (TPSA) is 99.2 Å². The molecule has 0 aliphatic heterocycles. The van der Waals surface area contributed by atoms with Crippen LogP contribution in [0.5, 0.6) is 0 Å². The lowest BCUT2D eigenvalue weighted by Gasteiger charge is -2.20. The Hall–Kier alpha value is -1.61. The Kier molecular flexibility index (Phi) is 6.98. The first-order valence-corrected chi connectivity index (χ1v) is 5.96. The summed E-state index contributed by atoms with van der Waals surface area (Å²) in [5.41, 5.74) is 5.64. The fourth-order valence-corrected chi connectivity index (χ4v) is 1.27. The van der Waals surface area contributed by atoms with Gasteiger partial charge in [-0.15, -0.1) is 0 Å². The van der Waals surface area contributed by atoms with Gasteiger partial charge in [0.15, 0.2) is 0 Å². The first-order chi connectivity index (χ1) is 8.29. The maximum atomic E-state index is 11.7. The smallest absolute Gasteiger partial charge is 0.241 e. The molecule has 0 bridgehead atoms. The summed E-state index contributed by atoms with van der Waals surface area (Å²) >= 11 is 0. The predicted octanol–water partition coefficient (Wildman–Crippen LogP) is -0.296. The minimum Gasteiger partial charge on any atom is -0.346 e. The van der Waals surface area contributed by atoms with Crippen molar-refractivity contribution in [2.75, 3.05) is 20.1 Å². The average Bonchev–Trinajstić information content (AvgIpc) is 2.33. The molecule has 0 rings (SSSR count). The van der Waals surface area contributed by atoms with Crippen molar-refractivity contribution in [1.82, 2.24) is 10.2 Å². The van der Waals surface area contributed by atoms with Crippen molar-refractivity contribution in [2.24, 2.45) is 17.6 Å². The van der Waals surface area contributed by atoms with Crippen molar-refractivity contribution in [3.8, 4) is 6.07 Å². The first-order valence-electron chi connectivity index (χ1n) is 5.96. The minimum absolute atomic E-state index is 0.0245. The van der Waals surface area contributed by atoms with Crippen LogP contribution in [0.2, 0.25) is 0 Å². The molecule has 0 fully saturated rings. The Morgan fingerprint density at radius 1 is 1.39 bits per heavy atom. The van der Waals surface area contributed by atoms with E-state index in [0.717, 1.165) is 0 Å². The third-order valence-electron chi connectivity index (χ3n) is 2.63. The summed E-state index contributed by atoms with van der Waals surface area (Å²) in [4.78, 5) is 24.6. The van der Waals surface area contributed by atoms with E-state index in [1.807, 2.05) is 19.9 Å². The number of rotatable bonds is 6. The number of nitriles is 1. The molecule has 0 aliphatic rings. The van der Waals surface area contributed by atoms with Crippen LogP contribution < -0.4 is 11.1 Å². The number of hydrogen-bond acceptors (Lipinski definition) is 4. The number of nitrogens with zero attached hydrogens (tertiary/aromatic N) is 2. The van der Waals surface area contributed by atoms with Crippen molar-refractivity contribution in [3.05, 3.63) is 0 Å². The second-order valence-corrected chi connectivity index (χ2v) is 4.79. The highest BCUT2D eigenvalue weighted by atomic mass is 16.2. The van der Waals surface area contributed by atoms with Crippen LogP contribution in [0, 0.1) is 23.2 Å². The van der Waals surface area contributed by atoms with Gasteiger partial charge >= 0.3 is 0 Å². The lowest BCUT2D eigenvalue weighted by molar-refractivity contribution is -0.132. The van der Waals surface area contributed by atoms with E-state index >= 15 is 0 Å². The van der Waals surface area contributed by atoms with Gasteiger partial charge in [0.25, 0.3) is 0 Å². The number of likely N-dealkylation sites (N-methyl/N-ethyl adjacent to an activating group) is 1. The lowest BCUT2D eigenvalue weighted by Crippen LogP contribution is -2.47. The van der Waals surface area contributed by atoms with Gasteiger partial charge in [0.05, 0.1) is 24.6 Å². The molecule has 102 valence electrons. The predicted molar refractivity (Wildman–Crippen MR) is 68.2 cm³/mol. The molecule has 2 atom stereocenters. The number of nitrogens with one attached hydrogen (secondary N) is 1. The molecule has 0 heterocycles.